The number of hydrogen-bond donors (Lipinski definition) is 1. The van der Waals surface area contributed by atoms with Crippen molar-refractivity contribution in [3.05, 3.63) is 47.2 Å². The van der Waals surface area contributed by atoms with Gasteiger partial charge in [0.15, 0.2) is 0 Å². The summed E-state index contributed by atoms with van der Waals surface area (Å²) in [5.41, 5.74) is 3.05. The zero-order valence-electron chi connectivity index (χ0n) is 12.2. The Morgan fingerprint density at radius 2 is 2.05 bits per heavy atom. The molecule has 0 radical (unpaired) electrons. The van der Waals surface area contributed by atoms with Gasteiger partial charge in [0.05, 0.1) is 11.7 Å². The highest BCUT2D eigenvalue weighted by molar-refractivity contribution is 5.43. The minimum atomic E-state index is -2.41. The van der Waals surface area contributed by atoms with Crippen molar-refractivity contribution in [2.24, 2.45) is 0 Å². The molecule has 1 aliphatic heterocycles. The Kier molecular flexibility index (Phi) is 3.66. The maximum atomic E-state index is 13.3. The first kappa shape index (κ1) is 14.0. The monoisotopic (exact) mass is 291 g/mol. The van der Waals surface area contributed by atoms with Crippen LogP contribution in [0.4, 0.5) is 14.6 Å². The summed E-state index contributed by atoms with van der Waals surface area (Å²) in [4.78, 5) is 0. The second-order valence-electron chi connectivity index (χ2n) is 5.55. The van der Waals surface area contributed by atoms with Gasteiger partial charge < -0.3 is 5.32 Å². The van der Waals surface area contributed by atoms with Gasteiger partial charge in [-0.2, -0.15) is 5.10 Å². The second kappa shape index (κ2) is 5.47. The minimum absolute atomic E-state index is 0.0986. The van der Waals surface area contributed by atoms with Gasteiger partial charge in [-0.1, -0.05) is 31.2 Å². The average molecular weight is 291 g/mol. The van der Waals surface area contributed by atoms with Crippen molar-refractivity contribution >= 4 is 5.82 Å². The minimum Gasteiger partial charge on any atom is -0.363 e. The number of nitrogens with zero attached hydrogens (tertiary/aromatic N) is 2. The quantitative estimate of drug-likeness (QED) is 0.922. The molecule has 0 amide bonds. The topological polar surface area (TPSA) is 29.9 Å². The molecule has 0 bridgehead atoms. The number of anilines is 1. The summed E-state index contributed by atoms with van der Waals surface area (Å²) in [6.07, 6.45) is -1.09. The molecule has 2 atom stereocenters. The lowest BCUT2D eigenvalue weighted by Gasteiger charge is -2.32. The van der Waals surface area contributed by atoms with E-state index in [2.05, 4.69) is 29.5 Å². The molecule has 1 aliphatic rings. The van der Waals surface area contributed by atoms with E-state index < -0.39 is 12.5 Å². The molecule has 0 saturated carbocycles. The molecule has 0 aliphatic carbocycles. The summed E-state index contributed by atoms with van der Waals surface area (Å²) in [5.74, 6) is 0.675. The zero-order valence-corrected chi connectivity index (χ0v) is 12.2. The number of hydrogen-bond acceptors (Lipinski definition) is 2. The van der Waals surface area contributed by atoms with E-state index in [1.54, 1.807) is 0 Å². The Hall–Kier alpha value is -1.91. The van der Waals surface area contributed by atoms with Crippen LogP contribution in [0.15, 0.2) is 30.3 Å². The van der Waals surface area contributed by atoms with Crippen LogP contribution in [0.5, 0.6) is 0 Å². The highest BCUT2D eigenvalue weighted by Gasteiger charge is 2.34. The Morgan fingerprint density at radius 3 is 2.67 bits per heavy atom. The van der Waals surface area contributed by atoms with Crippen molar-refractivity contribution in [3.8, 4) is 0 Å². The van der Waals surface area contributed by atoms with Crippen molar-refractivity contribution in [3.63, 3.8) is 0 Å². The van der Waals surface area contributed by atoms with Gasteiger partial charge in [0.1, 0.15) is 11.9 Å². The van der Waals surface area contributed by atoms with Crippen molar-refractivity contribution in [2.75, 3.05) is 5.32 Å². The number of alkyl halides is 2. The van der Waals surface area contributed by atoms with Crippen LogP contribution in [0.1, 0.15) is 42.2 Å². The number of aryl methyl sites for hydroxylation is 2. The van der Waals surface area contributed by atoms with Gasteiger partial charge in [-0.05, 0) is 30.9 Å². The summed E-state index contributed by atoms with van der Waals surface area (Å²) in [5, 5.41) is 7.51. The Bertz CT molecular complexity index is 619. The van der Waals surface area contributed by atoms with E-state index in [9.17, 15) is 8.78 Å². The van der Waals surface area contributed by atoms with Crippen LogP contribution in [0.3, 0.4) is 0 Å². The van der Waals surface area contributed by atoms with Crippen molar-refractivity contribution in [1.29, 1.82) is 0 Å². The Balaban J connectivity index is 1.91. The van der Waals surface area contributed by atoms with Gasteiger partial charge in [-0.25, -0.2) is 13.5 Å². The fraction of sp³-hybridized carbons (Fsp3) is 0.438. The Morgan fingerprint density at radius 1 is 1.33 bits per heavy atom. The summed E-state index contributed by atoms with van der Waals surface area (Å²) in [7, 11) is 0. The van der Waals surface area contributed by atoms with Crippen LogP contribution < -0.4 is 5.32 Å². The number of rotatable bonds is 3. The van der Waals surface area contributed by atoms with E-state index >= 15 is 0 Å². The molecule has 21 heavy (non-hydrogen) atoms. The van der Waals surface area contributed by atoms with Gasteiger partial charge in [0.25, 0.3) is 6.43 Å². The fourth-order valence-electron chi connectivity index (χ4n) is 2.87. The highest BCUT2D eigenvalue weighted by Crippen LogP contribution is 2.38. The first-order chi connectivity index (χ1) is 10.1. The number of nitrogens with one attached hydrogen (secondary N) is 1. The molecule has 5 heteroatoms. The summed E-state index contributed by atoms with van der Waals surface area (Å²) >= 11 is 0. The highest BCUT2D eigenvalue weighted by atomic mass is 19.3. The van der Waals surface area contributed by atoms with Crippen molar-refractivity contribution < 1.29 is 8.78 Å². The molecule has 0 spiro atoms. The molecule has 3 rings (SSSR count). The van der Waals surface area contributed by atoms with Gasteiger partial charge in [-0.3, -0.25) is 0 Å². The van der Waals surface area contributed by atoms with Gasteiger partial charge in [0, 0.05) is 6.07 Å². The molecular weight excluding hydrogens is 272 g/mol. The third kappa shape index (κ3) is 2.64. The molecule has 1 N–H and O–H groups in total. The smallest absolute Gasteiger partial charge is 0.260 e. The van der Waals surface area contributed by atoms with Crippen molar-refractivity contribution in [2.45, 2.75) is 45.2 Å². The maximum absolute atomic E-state index is 13.3. The molecule has 2 heterocycles. The number of benzene rings is 1. The van der Waals surface area contributed by atoms with E-state index in [1.165, 1.54) is 10.2 Å². The number of halogens is 2. The van der Waals surface area contributed by atoms with Gasteiger partial charge in [0.2, 0.25) is 0 Å². The molecule has 2 aromatic rings. The first-order valence-electron chi connectivity index (χ1n) is 7.28. The maximum Gasteiger partial charge on any atom is 0.260 e. The lowest BCUT2D eigenvalue weighted by Crippen LogP contribution is -2.30. The molecular formula is C16H19F2N3. The second-order valence-corrected chi connectivity index (χ2v) is 5.55. The number of aromatic nitrogens is 2. The van der Waals surface area contributed by atoms with Crippen LogP contribution in [-0.4, -0.2) is 16.2 Å². The summed E-state index contributed by atoms with van der Waals surface area (Å²) < 4.78 is 28.1. The van der Waals surface area contributed by atoms with Gasteiger partial charge in [-0.15, -0.1) is 0 Å². The van der Waals surface area contributed by atoms with Crippen LogP contribution >= 0.6 is 0 Å². The van der Waals surface area contributed by atoms with Crippen LogP contribution in [0, 0.1) is 6.92 Å². The molecule has 1 aromatic heterocycles. The normalized spacial score (nSPS) is 21.2. The van der Waals surface area contributed by atoms with Crippen LogP contribution in [-0.2, 0) is 6.42 Å². The lowest BCUT2D eigenvalue weighted by molar-refractivity contribution is 0.0657. The van der Waals surface area contributed by atoms with E-state index in [1.807, 2.05) is 25.1 Å². The molecule has 0 fully saturated rings. The SMILES string of the molecule is CCc1ccc(C2CC(C(F)F)n3nc(C)cc3N2)cc1. The molecule has 1 aromatic carbocycles. The Labute approximate surface area is 123 Å². The summed E-state index contributed by atoms with van der Waals surface area (Å²) in [6.45, 7) is 3.92. The van der Waals surface area contributed by atoms with E-state index in [0.29, 0.717) is 12.2 Å². The third-order valence-corrected chi connectivity index (χ3v) is 4.05. The average Bonchev–Trinajstić information content (AvgIpc) is 2.86. The van der Waals surface area contributed by atoms with E-state index in [-0.39, 0.29) is 6.04 Å². The van der Waals surface area contributed by atoms with E-state index in [0.717, 1.165) is 17.7 Å². The lowest BCUT2D eigenvalue weighted by atomic mass is 9.96. The molecule has 0 saturated heterocycles. The molecule has 112 valence electrons. The number of fused-ring (bicyclic) bond motifs is 1. The molecule has 3 nitrogen and oxygen atoms in total. The summed E-state index contributed by atoms with van der Waals surface area (Å²) in [6, 6.07) is 9.03. The largest absolute Gasteiger partial charge is 0.363 e. The first-order valence-corrected chi connectivity index (χ1v) is 7.28. The predicted molar refractivity (Wildman–Crippen MR) is 78.8 cm³/mol. The van der Waals surface area contributed by atoms with E-state index in [4.69, 9.17) is 0 Å². The third-order valence-electron chi connectivity index (χ3n) is 4.05. The van der Waals surface area contributed by atoms with Crippen LogP contribution in [0.2, 0.25) is 0 Å². The predicted octanol–water partition coefficient (Wildman–Crippen LogP) is 4.12. The standard InChI is InChI=1S/C16H19F2N3/c1-3-11-4-6-12(7-5-11)13-9-14(16(17)18)21-15(19-13)8-10(2)20-21/h4-8,13-14,16,19H,3,9H2,1-2H3. The van der Waals surface area contributed by atoms with Gasteiger partial charge >= 0.3 is 0 Å². The fourth-order valence-corrected chi connectivity index (χ4v) is 2.87. The zero-order chi connectivity index (χ0) is 15.0. The molecule has 2 unspecified atom stereocenters. The van der Waals surface area contributed by atoms with Crippen LogP contribution in [0.25, 0.3) is 0 Å². The van der Waals surface area contributed by atoms with Crippen molar-refractivity contribution in [1.82, 2.24) is 9.78 Å².